The number of nitrogens with zero attached hydrogens (tertiary/aromatic N) is 1. The van der Waals surface area contributed by atoms with Gasteiger partial charge < -0.3 is 5.73 Å². The van der Waals surface area contributed by atoms with E-state index in [4.69, 9.17) is 5.73 Å². The summed E-state index contributed by atoms with van der Waals surface area (Å²) in [5.41, 5.74) is 5.19. The Bertz CT molecular complexity index is 775. The van der Waals surface area contributed by atoms with Crippen molar-refractivity contribution in [3.05, 3.63) is 39.8 Å². The van der Waals surface area contributed by atoms with Crippen molar-refractivity contribution in [3.8, 4) is 0 Å². The molecule has 0 spiro atoms. The van der Waals surface area contributed by atoms with Gasteiger partial charge in [0.1, 0.15) is 9.90 Å². The first-order valence-corrected chi connectivity index (χ1v) is 8.20. The molecule has 0 aliphatic carbocycles. The molecule has 9 heteroatoms. The minimum Gasteiger partial charge on any atom is -0.399 e. The number of nitrogen functional groups attached to an aromatic ring is 1. The van der Waals surface area contributed by atoms with Gasteiger partial charge in [-0.1, -0.05) is 0 Å². The molecule has 1 unspecified atom stereocenters. The Balaban J connectivity index is 2.35. The molecule has 0 saturated heterocycles. The lowest BCUT2D eigenvalue weighted by Crippen LogP contribution is -2.28. The molecule has 114 valence electrons. The van der Waals surface area contributed by atoms with Crippen molar-refractivity contribution in [1.82, 2.24) is 9.71 Å². The lowest BCUT2D eigenvalue weighted by Gasteiger charge is -2.13. The molecular weight excluding hydrogens is 320 g/mol. The SMILES string of the molecule is Cc1cnc(C(C)NS(=O)(=O)c2cc(N)cc(F)c2F)s1. The summed E-state index contributed by atoms with van der Waals surface area (Å²) in [6.45, 7) is 3.39. The maximum atomic E-state index is 13.7. The molecule has 5 nitrogen and oxygen atoms in total. The third-order valence-corrected chi connectivity index (χ3v) is 5.28. The van der Waals surface area contributed by atoms with E-state index in [1.807, 2.05) is 6.92 Å². The summed E-state index contributed by atoms with van der Waals surface area (Å²) in [7, 11) is -4.25. The highest BCUT2D eigenvalue weighted by Gasteiger charge is 2.25. The van der Waals surface area contributed by atoms with Gasteiger partial charge >= 0.3 is 0 Å². The van der Waals surface area contributed by atoms with Crippen LogP contribution in [0.15, 0.2) is 23.2 Å². The van der Waals surface area contributed by atoms with Gasteiger partial charge in [0.2, 0.25) is 10.0 Å². The van der Waals surface area contributed by atoms with Gasteiger partial charge in [-0.25, -0.2) is 26.9 Å². The number of aryl methyl sites for hydroxylation is 1. The van der Waals surface area contributed by atoms with E-state index in [1.54, 1.807) is 13.1 Å². The quantitative estimate of drug-likeness (QED) is 0.841. The predicted octanol–water partition coefficient (Wildman–Crippen LogP) is 2.35. The summed E-state index contributed by atoms with van der Waals surface area (Å²) in [4.78, 5) is 4.14. The summed E-state index contributed by atoms with van der Waals surface area (Å²) in [6.07, 6.45) is 1.60. The second-order valence-electron chi connectivity index (χ2n) is 4.47. The van der Waals surface area contributed by atoms with Gasteiger partial charge in [0, 0.05) is 16.8 Å². The van der Waals surface area contributed by atoms with Crippen LogP contribution in [0.25, 0.3) is 0 Å². The second-order valence-corrected chi connectivity index (χ2v) is 7.42. The number of nitrogens with one attached hydrogen (secondary N) is 1. The van der Waals surface area contributed by atoms with E-state index in [1.165, 1.54) is 11.3 Å². The Morgan fingerprint density at radius 2 is 2.05 bits per heavy atom. The minimum absolute atomic E-state index is 0.174. The third-order valence-electron chi connectivity index (χ3n) is 2.65. The molecular formula is C12H13F2N3O2S2. The smallest absolute Gasteiger partial charge is 0.244 e. The molecule has 21 heavy (non-hydrogen) atoms. The first kappa shape index (κ1) is 15.8. The van der Waals surface area contributed by atoms with Crippen LogP contribution in [0.2, 0.25) is 0 Å². The molecule has 1 atom stereocenters. The molecule has 0 aliphatic heterocycles. The van der Waals surface area contributed by atoms with Crippen LogP contribution in [0.5, 0.6) is 0 Å². The zero-order valence-corrected chi connectivity index (χ0v) is 12.9. The number of sulfonamides is 1. The van der Waals surface area contributed by atoms with Crippen molar-refractivity contribution >= 4 is 27.0 Å². The summed E-state index contributed by atoms with van der Waals surface area (Å²) >= 11 is 1.31. The number of hydrogen-bond donors (Lipinski definition) is 2. The topological polar surface area (TPSA) is 85.1 Å². The normalized spacial score (nSPS) is 13.3. The lowest BCUT2D eigenvalue weighted by atomic mass is 10.3. The van der Waals surface area contributed by atoms with Gasteiger partial charge in [-0.05, 0) is 26.0 Å². The van der Waals surface area contributed by atoms with E-state index in [9.17, 15) is 17.2 Å². The summed E-state index contributed by atoms with van der Waals surface area (Å²) < 4.78 is 53.5. The van der Waals surface area contributed by atoms with E-state index in [0.717, 1.165) is 17.0 Å². The largest absolute Gasteiger partial charge is 0.399 e. The van der Waals surface area contributed by atoms with Crippen LogP contribution in [0.4, 0.5) is 14.5 Å². The van der Waals surface area contributed by atoms with Crippen molar-refractivity contribution in [2.24, 2.45) is 0 Å². The van der Waals surface area contributed by atoms with Gasteiger partial charge in [0.25, 0.3) is 0 Å². The van der Waals surface area contributed by atoms with E-state index < -0.39 is 32.6 Å². The summed E-state index contributed by atoms with van der Waals surface area (Å²) in [5, 5.41) is 0.529. The molecule has 0 amide bonds. The van der Waals surface area contributed by atoms with Crippen LogP contribution in [-0.4, -0.2) is 13.4 Å². The van der Waals surface area contributed by atoms with E-state index in [0.29, 0.717) is 5.01 Å². The fourth-order valence-corrected chi connectivity index (χ4v) is 3.88. The first-order valence-electron chi connectivity index (χ1n) is 5.90. The molecule has 1 heterocycles. The van der Waals surface area contributed by atoms with Gasteiger partial charge in [0.05, 0.1) is 6.04 Å². The molecule has 0 aliphatic rings. The van der Waals surface area contributed by atoms with Crippen LogP contribution in [0, 0.1) is 18.6 Å². The fraction of sp³-hybridized carbons (Fsp3) is 0.250. The molecule has 1 aromatic heterocycles. The number of thiazole rings is 1. The van der Waals surface area contributed by atoms with Gasteiger partial charge in [0.15, 0.2) is 11.6 Å². The van der Waals surface area contributed by atoms with Gasteiger partial charge in [-0.2, -0.15) is 0 Å². The zero-order chi connectivity index (χ0) is 15.8. The van der Waals surface area contributed by atoms with E-state index in [-0.39, 0.29) is 5.69 Å². The number of nitrogens with two attached hydrogens (primary N) is 1. The van der Waals surface area contributed by atoms with Crippen molar-refractivity contribution < 1.29 is 17.2 Å². The Kier molecular flexibility index (Phi) is 4.26. The van der Waals surface area contributed by atoms with Crippen LogP contribution in [0.3, 0.4) is 0 Å². The van der Waals surface area contributed by atoms with Gasteiger partial charge in [-0.15, -0.1) is 11.3 Å². The van der Waals surface area contributed by atoms with Crippen LogP contribution in [-0.2, 0) is 10.0 Å². The van der Waals surface area contributed by atoms with Crippen LogP contribution in [0.1, 0.15) is 22.9 Å². The first-order chi connectivity index (χ1) is 9.70. The molecule has 1 aromatic carbocycles. The average molecular weight is 333 g/mol. The van der Waals surface area contributed by atoms with Crippen molar-refractivity contribution in [2.45, 2.75) is 24.8 Å². The van der Waals surface area contributed by atoms with Crippen molar-refractivity contribution in [1.29, 1.82) is 0 Å². The van der Waals surface area contributed by atoms with Gasteiger partial charge in [-0.3, -0.25) is 0 Å². The molecule has 0 fully saturated rings. The van der Waals surface area contributed by atoms with Crippen molar-refractivity contribution in [3.63, 3.8) is 0 Å². The highest BCUT2D eigenvalue weighted by Crippen LogP contribution is 2.24. The van der Waals surface area contributed by atoms with E-state index in [2.05, 4.69) is 9.71 Å². The molecule has 0 radical (unpaired) electrons. The standard InChI is InChI=1S/C12H13F2N3O2S2/c1-6-5-16-12(20-6)7(2)17-21(18,19)10-4-8(15)3-9(13)11(10)14/h3-5,7,17H,15H2,1-2H3. The monoisotopic (exact) mass is 333 g/mol. The number of aromatic nitrogens is 1. The Morgan fingerprint density at radius 1 is 1.38 bits per heavy atom. The molecule has 0 saturated carbocycles. The third kappa shape index (κ3) is 3.36. The highest BCUT2D eigenvalue weighted by molar-refractivity contribution is 7.89. The Hall–Kier alpha value is -1.58. The number of halogens is 2. The number of anilines is 1. The average Bonchev–Trinajstić information content (AvgIpc) is 2.80. The molecule has 3 N–H and O–H groups in total. The highest BCUT2D eigenvalue weighted by atomic mass is 32.2. The number of benzene rings is 1. The molecule has 2 rings (SSSR count). The van der Waals surface area contributed by atoms with E-state index >= 15 is 0 Å². The lowest BCUT2D eigenvalue weighted by molar-refractivity contribution is 0.482. The number of hydrogen-bond acceptors (Lipinski definition) is 5. The fourth-order valence-electron chi connectivity index (χ4n) is 1.70. The Labute approximate surface area is 124 Å². The molecule has 0 bridgehead atoms. The maximum Gasteiger partial charge on any atom is 0.244 e. The summed E-state index contributed by atoms with van der Waals surface area (Å²) in [6, 6.07) is 0.931. The Morgan fingerprint density at radius 3 is 2.62 bits per heavy atom. The van der Waals surface area contributed by atoms with Crippen LogP contribution < -0.4 is 10.5 Å². The maximum absolute atomic E-state index is 13.7. The summed E-state index contributed by atoms with van der Waals surface area (Å²) in [5.74, 6) is -2.77. The minimum atomic E-state index is -4.25. The second kappa shape index (κ2) is 5.66. The van der Waals surface area contributed by atoms with Crippen LogP contribution >= 0.6 is 11.3 Å². The molecule has 2 aromatic rings. The zero-order valence-electron chi connectivity index (χ0n) is 11.2. The van der Waals surface area contributed by atoms with Crippen molar-refractivity contribution in [2.75, 3.05) is 5.73 Å². The predicted molar refractivity (Wildman–Crippen MR) is 76.4 cm³/mol. The number of rotatable bonds is 4.